The molecule has 3 amide bonds. The molecule has 0 atom stereocenters. The van der Waals surface area contributed by atoms with Gasteiger partial charge in [0, 0.05) is 61.8 Å². The highest BCUT2D eigenvalue weighted by Gasteiger charge is 2.33. The first-order valence-electron chi connectivity index (χ1n) is 22.2. The largest absolute Gasteiger partial charge is 0.480 e. The number of unbranched alkanes of at least 4 members (excludes halogenated alkanes) is 1. The Morgan fingerprint density at radius 1 is 0.789 bits per heavy atom. The summed E-state index contributed by atoms with van der Waals surface area (Å²) in [6, 6.07) is 19.4. The van der Waals surface area contributed by atoms with Gasteiger partial charge in [-0.25, -0.2) is 22.8 Å². The zero-order chi connectivity index (χ0) is 51.0. The molecule has 0 spiro atoms. The highest BCUT2D eigenvalue weighted by molar-refractivity contribution is 7.90. The number of hydrogen-bond acceptors (Lipinski definition) is 14. The number of aliphatic carboxylic acids is 1. The predicted molar refractivity (Wildman–Crippen MR) is 250 cm³/mol. The third-order valence-electron chi connectivity index (χ3n) is 11.2. The van der Waals surface area contributed by atoms with E-state index >= 15 is 0 Å². The number of imide groups is 1. The summed E-state index contributed by atoms with van der Waals surface area (Å²) in [7, 11) is -4.48. The Morgan fingerprint density at radius 3 is 2.07 bits per heavy atom. The van der Waals surface area contributed by atoms with Crippen molar-refractivity contribution >= 4 is 75.0 Å². The minimum atomic E-state index is -4.48. The minimum absolute atomic E-state index is 0.00112. The monoisotopic (exact) mass is 992 g/mol. The molecule has 368 valence electrons. The number of nitrogens with one attached hydrogen (secondary N) is 1. The van der Waals surface area contributed by atoms with E-state index in [9.17, 15) is 57.0 Å². The molecule has 7 rings (SSSR count). The van der Waals surface area contributed by atoms with Crippen LogP contribution in [0.2, 0.25) is 0 Å². The number of carbonyl (C=O) groups is 7. The predicted octanol–water partition coefficient (Wildman–Crippen LogP) is 3.19. The van der Waals surface area contributed by atoms with Crippen LogP contribution in [0.3, 0.4) is 0 Å². The molecule has 2 aliphatic heterocycles. The second-order valence-corrected chi connectivity index (χ2v) is 17.9. The molecule has 3 aromatic carbocycles. The Bertz CT molecular complexity index is 3290. The molecule has 0 saturated carbocycles. The molecule has 0 radical (unpaired) electrons. The van der Waals surface area contributed by atoms with E-state index in [1.54, 1.807) is 39.6 Å². The molecule has 4 N–H and O–H groups in total. The Labute approximate surface area is 403 Å². The van der Waals surface area contributed by atoms with Crippen LogP contribution in [0, 0.1) is 0 Å². The van der Waals surface area contributed by atoms with Crippen molar-refractivity contribution in [1.29, 1.82) is 0 Å². The maximum absolute atomic E-state index is 14.2. The van der Waals surface area contributed by atoms with Gasteiger partial charge < -0.3 is 33.9 Å². The average molecular weight is 993 g/mol. The van der Waals surface area contributed by atoms with Crippen LogP contribution in [0.1, 0.15) is 84.0 Å². The maximum atomic E-state index is 14.2. The fourth-order valence-corrected chi connectivity index (χ4v) is 8.69. The fraction of sp³-hybridized carbons (Fsp3) is 0.245. The Hall–Kier alpha value is -8.66. The Balaban J connectivity index is 1.23. The zero-order valence-corrected chi connectivity index (χ0v) is 38.8. The van der Waals surface area contributed by atoms with Crippen LogP contribution >= 0.6 is 0 Å². The molecule has 1 fully saturated rings. The number of hydroxylamine groups is 2. The summed E-state index contributed by atoms with van der Waals surface area (Å²) < 4.78 is 41.6. The van der Waals surface area contributed by atoms with Crippen LogP contribution < -0.4 is 30.7 Å². The number of benzene rings is 3. The standard InChI is InChI=1S/C49H45N5O16S/c1-2-52-41(69-46(32-14-18-34(19-15-32)49(64)65)45(52)31-12-16-33(17-13-31)48(62)63)28-42-53(26-7-10-38(55)50-71(66,67)29-43(58)59)47(61)37(68-42)21-20-30-24-27-51(36-9-4-3-8-35(30)36)25-6-5-11-44(60)70-54-39(56)22-23-40(54)57/h3-4,8-9,12-21,24,27-28H,2,5-7,10-11,22-23,25-26,29H2,1H3,(H3-,50,55,58,59,62,63,64,65)/p+1. The lowest BCUT2D eigenvalue weighted by atomic mass is 9.99. The average Bonchev–Trinajstić information content (AvgIpc) is 3.96. The molecule has 0 aliphatic carbocycles. The molecule has 5 aromatic rings. The van der Waals surface area contributed by atoms with Gasteiger partial charge in [0.25, 0.3) is 23.1 Å². The number of para-hydroxylation sites is 1. The van der Waals surface area contributed by atoms with Crippen molar-refractivity contribution < 1.29 is 75.5 Å². The highest BCUT2D eigenvalue weighted by Crippen LogP contribution is 2.34. The van der Waals surface area contributed by atoms with Crippen LogP contribution in [-0.2, 0) is 51.9 Å². The number of sulfonamides is 1. The first-order valence-corrected chi connectivity index (χ1v) is 23.8. The van der Waals surface area contributed by atoms with E-state index < -0.39 is 69.4 Å². The van der Waals surface area contributed by atoms with E-state index in [1.165, 1.54) is 41.0 Å². The van der Waals surface area contributed by atoms with E-state index in [1.807, 2.05) is 48.4 Å². The van der Waals surface area contributed by atoms with Crippen molar-refractivity contribution in [3.63, 3.8) is 0 Å². The van der Waals surface area contributed by atoms with Crippen molar-refractivity contribution in [2.75, 3.05) is 17.2 Å². The second kappa shape index (κ2) is 21.7. The quantitative estimate of drug-likeness (QED) is 0.0495. The number of fused-ring (bicyclic) bond motifs is 1. The van der Waals surface area contributed by atoms with Gasteiger partial charge in [0.2, 0.25) is 27.2 Å². The fourth-order valence-electron chi connectivity index (χ4n) is 7.85. The number of allylic oxidation sites excluding steroid dienone is 3. The molecular formula is C49H46N5O16S+. The molecule has 22 heteroatoms. The zero-order valence-electron chi connectivity index (χ0n) is 37.9. The SMILES string of the molecule is CC[n+]1c(C=c2oc(=CC=C3C=CN(CCCCC(=O)ON4C(=O)CCC4=O)c4ccccc43)c(=O)n2CCCC(=O)NS(=O)(=O)CC(=O)O)oc(-c2ccc(C(=O)O)cc2)c1-c1ccc(C(=O)O)cc1. The molecular weight excluding hydrogens is 947 g/mol. The van der Waals surface area contributed by atoms with E-state index in [0.717, 1.165) is 11.3 Å². The number of oxazole rings is 2. The summed E-state index contributed by atoms with van der Waals surface area (Å²) in [5.41, 5.74) is 3.01. The van der Waals surface area contributed by atoms with Gasteiger partial charge in [0.1, 0.15) is 12.6 Å². The molecule has 71 heavy (non-hydrogen) atoms. The van der Waals surface area contributed by atoms with Gasteiger partial charge in [0.15, 0.2) is 11.2 Å². The van der Waals surface area contributed by atoms with Crippen LogP contribution in [0.5, 0.6) is 0 Å². The Kier molecular flexibility index (Phi) is 15.4. The van der Waals surface area contributed by atoms with Crippen molar-refractivity contribution in [3.05, 3.63) is 135 Å². The van der Waals surface area contributed by atoms with E-state index in [2.05, 4.69) is 0 Å². The smallest absolute Gasteiger partial charge is 0.379 e. The molecule has 2 aliphatic rings. The number of aromatic carboxylic acids is 2. The summed E-state index contributed by atoms with van der Waals surface area (Å²) in [5, 5.41) is 28.6. The number of aromatic nitrogens is 2. The topological polar surface area (TPSA) is 294 Å². The highest BCUT2D eigenvalue weighted by atomic mass is 32.2. The van der Waals surface area contributed by atoms with Crippen molar-refractivity contribution in [1.82, 2.24) is 14.4 Å². The third kappa shape index (κ3) is 12.0. The van der Waals surface area contributed by atoms with Crippen molar-refractivity contribution in [2.24, 2.45) is 0 Å². The number of nitrogens with zero attached hydrogens (tertiary/aromatic N) is 4. The van der Waals surface area contributed by atoms with Gasteiger partial charge in [-0.3, -0.25) is 33.3 Å². The van der Waals surface area contributed by atoms with Gasteiger partial charge >= 0.3 is 29.8 Å². The lowest BCUT2D eigenvalue weighted by Crippen LogP contribution is -2.37. The summed E-state index contributed by atoms with van der Waals surface area (Å²) in [6.45, 7) is 2.39. The van der Waals surface area contributed by atoms with Crippen LogP contribution in [0.15, 0.2) is 105 Å². The molecule has 1 saturated heterocycles. The molecule has 21 nitrogen and oxygen atoms in total. The second-order valence-electron chi connectivity index (χ2n) is 16.1. The molecule has 4 heterocycles. The number of carboxylic acid groups (broad SMARTS) is 3. The molecule has 0 bridgehead atoms. The molecule has 2 aromatic heterocycles. The minimum Gasteiger partial charge on any atom is -0.480 e. The van der Waals surface area contributed by atoms with E-state index in [-0.39, 0.29) is 72.5 Å². The first kappa shape index (κ1) is 50.2. The summed E-state index contributed by atoms with van der Waals surface area (Å²) in [4.78, 5) is 104. The lowest BCUT2D eigenvalue weighted by Gasteiger charge is -2.27. The van der Waals surface area contributed by atoms with E-state index in [0.29, 0.717) is 46.8 Å². The number of amides is 3. The summed E-state index contributed by atoms with van der Waals surface area (Å²) >= 11 is 0. The summed E-state index contributed by atoms with van der Waals surface area (Å²) in [6.07, 6.45) is 8.67. The van der Waals surface area contributed by atoms with Gasteiger partial charge in [-0.1, -0.05) is 36.4 Å². The number of hydrogen-bond donors (Lipinski definition) is 4. The van der Waals surface area contributed by atoms with Crippen LogP contribution in [0.25, 0.3) is 40.3 Å². The van der Waals surface area contributed by atoms with Gasteiger partial charge in [-0.15, -0.1) is 5.06 Å². The number of carbonyl (C=O) groups excluding carboxylic acids is 4. The molecule has 0 unspecified atom stereocenters. The normalized spacial score (nSPS) is 14.6. The Morgan fingerprint density at radius 2 is 1.44 bits per heavy atom. The number of carboxylic acids is 3. The van der Waals surface area contributed by atoms with Crippen molar-refractivity contribution in [3.8, 4) is 22.6 Å². The number of rotatable bonds is 20. The van der Waals surface area contributed by atoms with Gasteiger partial charge in [0.05, 0.1) is 16.7 Å². The van der Waals surface area contributed by atoms with Crippen LogP contribution in [0.4, 0.5) is 5.69 Å². The van der Waals surface area contributed by atoms with Crippen molar-refractivity contribution in [2.45, 2.75) is 65.0 Å². The van der Waals surface area contributed by atoms with Gasteiger partial charge in [-0.05, 0) is 86.4 Å². The van der Waals surface area contributed by atoms with E-state index in [4.69, 9.17) is 18.8 Å². The summed E-state index contributed by atoms with van der Waals surface area (Å²) in [5.74, 6) is -7.65. The first-order chi connectivity index (χ1) is 33.9. The maximum Gasteiger partial charge on any atom is 0.379 e. The third-order valence-corrected chi connectivity index (χ3v) is 12.4. The van der Waals surface area contributed by atoms with Gasteiger partial charge in [-0.2, -0.15) is 4.57 Å². The van der Waals surface area contributed by atoms with Crippen LogP contribution in [-0.4, -0.2) is 87.3 Å². The lowest BCUT2D eigenvalue weighted by molar-refractivity contribution is -0.687. The number of anilines is 1.